The molecular weight excluding hydrogens is 322 g/mol. The lowest BCUT2D eigenvalue weighted by molar-refractivity contribution is -0.138. The smallest absolute Gasteiger partial charge is 0.231 e. The van der Waals surface area contributed by atoms with Crippen molar-refractivity contribution in [2.75, 3.05) is 33.1 Å². The summed E-state index contributed by atoms with van der Waals surface area (Å²) < 4.78 is 22.5. The van der Waals surface area contributed by atoms with E-state index in [2.05, 4.69) is 0 Å². The number of ether oxygens (including phenoxy) is 4. The minimum Gasteiger partial charge on any atom is -0.454 e. The summed E-state index contributed by atoms with van der Waals surface area (Å²) in [6, 6.07) is 5.70. The molecule has 2 saturated heterocycles. The summed E-state index contributed by atoms with van der Waals surface area (Å²) in [5.41, 5.74) is 0.733. The molecule has 0 radical (unpaired) electrons. The Balaban J connectivity index is 1.39. The molecule has 2 atom stereocenters. The van der Waals surface area contributed by atoms with Gasteiger partial charge in [-0.15, -0.1) is 0 Å². The van der Waals surface area contributed by atoms with E-state index >= 15 is 0 Å². The lowest BCUT2D eigenvalue weighted by Crippen LogP contribution is -2.50. The average Bonchev–Trinajstić information content (AvgIpc) is 3.22. The molecule has 3 aliphatic rings. The van der Waals surface area contributed by atoms with Crippen LogP contribution in [0, 0.1) is 0 Å². The number of carbonyl (C=O) groups is 1. The highest BCUT2D eigenvalue weighted by Gasteiger charge is 2.44. The minimum atomic E-state index is -0.220. The fourth-order valence-corrected chi connectivity index (χ4v) is 4.08. The Morgan fingerprint density at radius 3 is 3.12 bits per heavy atom. The van der Waals surface area contributed by atoms with E-state index in [1.807, 2.05) is 30.0 Å². The van der Waals surface area contributed by atoms with Gasteiger partial charge in [0.15, 0.2) is 11.5 Å². The summed E-state index contributed by atoms with van der Waals surface area (Å²) in [5, 5.41) is 0. The first-order valence-corrected chi connectivity index (χ1v) is 9.09. The van der Waals surface area contributed by atoms with E-state index in [4.69, 9.17) is 18.9 Å². The van der Waals surface area contributed by atoms with Crippen LogP contribution in [0.25, 0.3) is 0 Å². The molecule has 1 aromatic carbocycles. The van der Waals surface area contributed by atoms with Crippen molar-refractivity contribution in [2.45, 2.75) is 44.3 Å². The van der Waals surface area contributed by atoms with Gasteiger partial charge in [0.2, 0.25) is 12.7 Å². The molecule has 6 nitrogen and oxygen atoms in total. The first-order valence-electron chi connectivity index (χ1n) is 9.09. The van der Waals surface area contributed by atoms with Gasteiger partial charge >= 0.3 is 0 Å². The summed E-state index contributed by atoms with van der Waals surface area (Å²) in [4.78, 5) is 14.7. The third kappa shape index (κ3) is 3.46. The molecule has 3 heterocycles. The summed E-state index contributed by atoms with van der Waals surface area (Å²) in [6.07, 6.45) is 3.40. The molecule has 2 fully saturated rings. The number of fused-ring (bicyclic) bond motifs is 1. The number of amides is 1. The molecule has 0 N–H and O–H groups in total. The first-order chi connectivity index (χ1) is 12.2. The summed E-state index contributed by atoms with van der Waals surface area (Å²) in [6.45, 7) is 5.06. The molecule has 136 valence electrons. The quantitative estimate of drug-likeness (QED) is 0.835. The van der Waals surface area contributed by atoms with Gasteiger partial charge in [0.1, 0.15) is 0 Å². The van der Waals surface area contributed by atoms with E-state index in [1.54, 1.807) is 0 Å². The van der Waals surface area contributed by atoms with Crippen LogP contribution in [-0.4, -0.2) is 55.6 Å². The first kappa shape index (κ1) is 16.7. The predicted octanol–water partition coefficient (Wildman–Crippen LogP) is 2.14. The maximum Gasteiger partial charge on any atom is 0.231 e. The molecule has 6 heteroatoms. The number of piperidine rings is 1. The predicted molar refractivity (Wildman–Crippen MR) is 90.8 cm³/mol. The van der Waals surface area contributed by atoms with Crippen molar-refractivity contribution < 1.29 is 23.7 Å². The molecular formula is C19H25NO5. The van der Waals surface area contributed by atoms with Crippen molar-refractivity contribution in [2.24, 2.45) is 0 Å². The average molecular weight is 347 g/mol. The Hall–Kier alpha value is -1.79. The molecule has 25 heavy (non-hydrogen) atoms. The summed E-state index contributed by atoms with van der Waals surface area (Å²) in [7, 11) is 0. The number of likely N-dealkylation sites (tertiary alicyclic amines) is 1. The molecule has 0 unspecified atom stereocenters. The van der Waals surface area contributed by atoms with E-state index < -0.39 is 0 Å². The van der Waals surface area contributed by atoms with E-state index in [0.717, 1.165) is 42.9 Å². The number of rotatable bonds is 4. The van der Waals surface area contributed by atoms with Crippen LogP contribution in [0.15, 0.2) is 18.2 Å². The standard InChI is InChI=1S/C19H25NO5/c1-2-22-15-10-19(25-11-15)6-3-7-20(12-19)18(21)9-14-4-5-16-17(8-14)24-13-23-16/h4-5,8,15H,2-3,6-7,9-13H2,1H3/t15-,19+/m0/s1. The molecule has 1 amide bonds. The second kappa shape index (κ2) is 6.84. The Morgan fingerprint density at radius 2 is 2.24 bits per heavy atom. The van der Waals surface area contributed by atoms with E-state index in [9.17, 15) is 4.79 Å². The van der Waals surface area contributed by atoms with Crippen LogP contribution in [0.3, 0.4) is 0 Å². The number of hydrogen-bond donors (Lipinski definition) is 0. The Morgan fingerprint density at radius 1 is 1.36 bits per heavy atom. The largest absolute Gasteiger partial charge is 0.454 e. The van der Waals surface area contributed by atoms with Crippen LogP contribution in [0.1, 0.15) is 31.7 Å². The highest BCUT2D eigenvalue weighted by Crippen LogP contribution is 2.36. The van der Waals surface area contributed by atoms with Crippen molar-refractivity contribution in [3.63, 3.8) is 0 Å². The van der Waals surface area contributed by atoms with Crippen LogP contribution in [-0.2, 0) is 20.7 Å². The Labute approximate surface area is 148 Å². The van der Waals surface area contributed by atoms with Crippen LogP contribution < -0.4 is 9.47 Å². The van der Waals surface area contributed by atoms with E-state index in [-0.39, 0.29) is 24.4 Å². The zero-order valence-electron chi connectivity index (χ0n) is 14.7. The van der Waals surface area contributed by atoms with E-state index in [1.165, 1.54) is 0 Å². The van der Waals surface area contributed by atoms with Gasteiger partial charge in [-0.2, -0.15) is 0 Å². The van der Waals surface area contributed by atoms with Crippen molar-refractivity contribution in [1.29, 1.82) is 0 Å². The minimum absolute atomic E-state index is 0.140. The number of carbonyl (C=O) groups excluding carboxylic acids is 1. The molecule has 1 aromatic rings. The second-order valence-corrected chi connectivity index (χ2v) is 7.06. The van der Waals surface area contributed by atoms with Crippen molar-refractivity contribution in [3.05, 3.63) is 23.8 Å². The number of hydrogen-bond acceptors (Lipinski definition) is 5. The highest BCUT2D eigenvalue weighted by molar-refractivity contribution is 5.79. The Kier molecular flexibility index (Phi) is 4.56. The molecule has 0 saturated carbocycles. The maximum absolute atomic E-state index is 12.8. The topological polar surface area (TPSA) is 57.2 Å². The van der Waals surface area contributed by atoms with Gasteiger partial charge in [-0.25, -0.2) is 0 Å². The van der Waals surface area contributed by atoms with Gasteiger partial charge in [0.25, 0.3) is 0 Å². The van der Waals surface area contributed by atoms with Gasteiger partial charge in [-0.05, 0) is 37.5 Å². The third-order valence-electron chi connectivity index (χ3n) is 5.26. The fraction of sp³-hybridized carbons (Fsp3) is 0.632. The van der Waals surface area contributed by atoms with E-state index in [0.29, 0.717) is 26.2 Å². The highest BCUT2D eigenvalue weighted by atomic mass is 16.7. The van der Waals surface area contributed by atoms with Gasteiger partial charge < -0.3 is 23.8 Å². The van der Waals surface area contributed by atoms with Gasteiger partial charge in [-0.1, -0.05) is 6.07 Å². The number of nitrogens with zero attached hydrogens (tertiary/aromatic N) is 1. The van der Waals surface area contributed by atoms with Crippen molar-refractivity contribution in [3.8, 4) is 11.5 Å². The van der Waals surface area contributed by atoms with Crippen molar-refractivity contribution in [1.82, 2.24) is 4.90 Å². The van der Waals surface area contributed by atoms with Crippen LogP contribution in [0.5, 0.6) is 11.5 Å². The lowest BCUT2D eigenvalue weighted by atomic mass is 9.89. The van der Waals surface area contributed by atoms with Gasteiger partial charge in [-0.3, -0.25) is 4.79 Å². The van der Waals surface area contributed by atoms with Crippen LogP contribution in [0.2, 0.25) is 0 Å². The number of benzene rings is 1. The summed E-state index contributed by atoms with van der Waals surface area (Å²) >= 11 is 0. The molecule has 4 rings (SSSR count). The lowest BCUT2D eigenvalue weighted by Gasteiger charge is -2.39. The second-order valence-electron chi connectivity index (χ2n) is 7.06. The SMILES string of the molecule is CCO[C@@H]1CO[C@]2(CCCN(C(=O)Cc3ccc4c(c3)OCO4)C2)C1. The van der Waals surface area contributed by atoms with Gasteiger partial charge in [0.05, 0.1) is 24.7 Å². The third-order valence-corrected chi connectivity index (χ3v) is 5.26. The van der Waals surface area contributed by atoms with Crippen LogP contribution >= 0.6 is 0 Å². The zero-order valence-corrected chi connectivity index (χ0v) is 14.7. The van der Waals surface area contributed by atoms with Crippen LogP contribution in [0.4, 0.5) is 0 Å². The Bertz CT molecular complexity index is 649. The zero-order chi connectivity index (χ0) is 17.3. The fourth-order valence-electron chi connectivity index (χ4n) is 4.08. The van der Waals surface area contributed by atoms with Crippen molar-refractivity contribution >= 4 is 5.91 Å². The molecule has 0 aromatic heterocycles. The summed E-state index contributed by atoms with van der Waals surface area (Å²) in [5.74, 6) is 1.61. The molecule has 3 aliphatic heterocycles. The molecule has 0 bridgehead atoms. The monoisotopic (exact) mass is 347 g/mol. The maximum atomic E-state index is 12.8. The normalized spacial score (nSPS) is 27.9. The molecule has 1 spiro atoms. The van der Waals surface area contributed by atoms with Gasteiger partial charge in [0, 0.05) is 26.1 Å². The molecule has 0 aliphatic carbocycles.